The van der Waals surface area contributed by atoms with Crippen LogP contribution < -0.4 is 5.32 Å². The van der Waals surface area contributed by atoms with Gasteiger partial charge < -0.3 is 5.32 Å². The smallest absolute Gasteiger partial charge is 0.226 e. The highest BCUT2D eigenvalue weighted by Crippen LogP contribution is 2.25. The van der Waals surface area contributed by atoms with Gasteiger partial charge in [-0.05, 0) is 30.2 Å². The van der Waals surface area contributed by atoms with Crippen molar-refractivity contribution >= 4 is 22.4 Å². The molecular weight excluding hydrogens is 263 g/mol. The second kappa shape index (κ2) is 5.93. The zero-order valence-corrected chi connectivity index (χ0v) is 11.6. The molecule has 0 aliphatic carbocycles. The molecule has 100 valence electrons. The second-order valence-electron chi connectivity index (χ2n) is 4.69. The molecule has 0 spiro atoms. The van der Waals surface area contributed by atoms with Gasteiger partial charge in [-0.25, -0.2) is 9.37 Å². The van der Waals surface area contributed by atoms with Gasteiger partial charge in [-0.1, -0.05) is 13.8 Å². The first-order valence-corrected chi connectivity index (χ1v) is 6.94. The summed E-state index contributed by atoms with van der Waals surface area (Å²) in [6.07, 6.45) is 0.478. The minimum Gasteiger partial charge on any atom is -0.302 e. The van der Waals surface area contributed by atoms with Gasteiger partial charge in [-0.15, -0.1) is 11.3 Å². The SMILES string of the molecule is CC(C)CC(=O)Nc1nc(-c2ccc(F)cc2)cs1. The summed E-state index contributed by atoms with van der Waals surface area (Å²) in [4.78, 5) is 15.9. The van der Waals surface area contributed by atoms with Crippen LogP contribution in [0.4, 0.5) is 9.52 Å². The van der Waals surface area contributed by atoms with E-state index in [9.17, 15) is 9.18 Å². The Morgan fingerprint density at radius 2 is 2.05 bits per heavy atom. The van der Waals surface area contributed by atoms with Crippen molar-refractivity contribution in [3.8, 4) is 11.3 Å². The van der Waals surface area contributed by atoms with Crippen LogP contribution in [0.3, 0.4) is 0 Å². The number of carbonyl (C=O) groups is 1. The third-order valence-electron chi connectivity index (χ3n) is 2.48. The minimum absolute atomic E-state index is 0.0324. The van der Waals surface area contributed by atoms with Crippen molar-refractivity contribution in [2.45, 2.75) is 20.3 Å². The maximum atomic E-state index is 12.8. The molecule has 3 nitrogen and oxygen atoms in total. The van der Waals surface area contributed by atoms with Crippen LogP contribution in [0, 0.1) is 11.7 Å². The van der Waals surface area contributed by atoms with E-state index < -0.39 is 0 Å². The number of anilines is 1. The van der Waals surface area contributed by atoms with Crippen molar-refractivity contribution in [1.29, 1.82) is 0 Å². The highest BCUT2D eigenvalue weighted by atomic mass is 32.1. The van der Waals surface area contributed by atoms with Crippen molar-refractivity contribution in [2.75, 3.05) is 5.32 Å². The predicted molar refractivity (Wildman–Crippen MR) is 75.6 cm³/mol. The van der Waals surface area contributed by atoms with Gasteiger partial charge in [-0.2, -0.15) is 0 Å². The van der Waals surface area contributed by atoms with Crippen molar-refractivity contribution < 1.29 is 9.18 Å². The molecule has 0 fully saturated rings. The molecule has 2 aromatic rings. The molecule has 1 heterocycles. The van der Waals surface area contributed by atoms with Crippen molar-refractivity contribution in [3.63, 3.8) is 0 Å². The van der Waals surface area contributed by atoms with Crippen molar-refractivity contribution in [2.24, 2.45) is 5.92 Å². The normalized spacial score (nSPS) is 10.7. The predicted octanol–water partition coefficient (Wildman–Crippen LogP) is 3.93. The van der Waals surface area contributed by atoms with Crippen molar-refractivity contribution in [1.82, 2.24) is 4.98 Å². The van der Waals surface area contributed by atoms with Gasteiger partial charge >= 0.3 is 0 Å². The van der Waals surface area contributed by atoms with Gasteiger partial charge in [0.1, 0.15) is 5.82 Å². The van der Waals surface area contributed by atoms with Crippen LogP contribution >= 0.6 is 11.3 Å². The number of nitrogens with zero attached hydrogens (tertiary/aromatic N) is 1. The monoisotopic (exact) mass is 278 g/mol. The number of benzene rings is 1. The summed E-state index contributed by atoms with van der Waals surface area (Å²) in [5.41, 5.74) is 1.58. The lowest BCUT2D eigenvalue weighted by Crippen LogP contribution is -2.13. The Morgan fingerprint density at radius 1 is 1.37 bits per heavy atom. The maximum absolute atomic E-state index is 12.8. The average molecular weight is 278 g/mol. The summed E-state index contributed by atoms with van der Waals surface area (Å²) in [5.74, 6) is 0.0102. The van der Waals surface area contributed by atoms with Gasteiger partial charge in [0.2, 0.25) is 5.91 Å². The third-order valence-corrected chi connectivity index (χ3v) is 3.24. The van der Waals surface area contributed by atoms with Gasteiger partial charge in [0.05, 0.1) is 5.69 Å². The van der Waals surface area contributed by atoms with E-state index in [1.54, 1.807) is 12.1 Å². The Kier molecular flexibility index (Phi) is 4.27. The number of aromatic nitrogens is 1. The number of thiazole rings is 1. The van der Waals surface area contributed by atoms with E-state index in [0.717, 1.165) is 11.3 Å². The molecule has 0 radical (unpaired) electrons. The van der Waals surface area contributed by atoms with Crippen molar-refractivity contribution in [3.05, 3.63) is 35.5 Å². The molecule has 1 amide bonds. The molecule has 0 unspecified atom stereocenters. The lowest BCUT2D eigenvalue weighted by Gasteiger charge is -2.03. The fourth-order valence-corrected chi connectivity index (χ4v) is 2.36. The Labute approximate surface area is 115 Å². The van der Waals surface area contributed by atoms with Crippen LogP contribution in [0.25, 0.3) is 11.3 Å². The number of hydrogen-bond acceptors (Lipinski definition) is 3. The molecule has 1 aromatic carbocycles. The van der Waals surface area contributed by atoms with E-state index >= 15 is 0 Å². The molecule has 5 heteroatoms. The number of halogens is 1. The molecular formula is C14H15FN2OS. The van der Waals surface area contributed by atoms with E-state index in [1.807, 2.05) is 19.2 Å². The van der Waals surface area contributed by atoms with Crippen LogP contribution in [0.1, 0.15) is 20.3 Å². The molecule has 0 aliphatic rings. The first kappa shape index (κ1) is 13.7. The quantitative estimate of drug-likeness (QED) is 0.920. The molecule has 1 N–H and O–H groups in total. The molecule has 0 bridgehead atoms. The highest BCUT2D eigenvalue weighted by molar-refractivity contribution is 7.14. The lowest BCUT2D eigenvalue weighted by atomic mass is 10.1. The summed E-state index contributed by atoms with van der Waals surface area (Å²) in [6.45, 7) is 3.98. The number of hydrogen-bond donors (Lipinski definition) is 1. The largest absolute Gasteiger partial charge is 0.302 e. The summed E-state index contributed by atoms with van der Waals surface area (Å²) in [5, 5.41) is 5.19. The van der Waals surface area contributed by atoms with E-state index in [0.29, 0.717) is 17.5 Å². The van der Waals surface area contributed by atoms with E-state index in [-0.39, 0.29) is 11.7 Å². The standard InChI is InChI=1S/C14H15FN2OS/c1-9(2)7-13(18)17-14-16-12(8-19-14)10-3-5-11(15)6-4-10/h3-6,8-9H,7H2,1-2H3,(H,16,17,18). The topological polar surface area (TPSA) is 42.0 Å². The van der Waals surface area contributed by atoms with E-state index in [1.165, 1.54) is 23.5 Å². The molecule has 0 saturated heterocycles. The maximum Gasteiger partial charge on any atom is 0.226 e. The number of amides is 1. The van der Waals surface area contributed by atoms with Crippen LogP contribution in [-0.4, -0.2) is 10.9 Å². The van der Waals surface area contributed by atoms with Gasteiger partial charge in [0.25, 0.3) is 0 Å². The van der Waals surface area contributed by atoms with Crippen LogP contribution in [0.5, 0.6) is 0 Å². The zero-order chi connectivity index (χ0) is 13.8. The molecule has 2 rings (SSSR count). The Balaban J connectivity index is 2.07. The number of nitrogens with one attached hydrogen (secondary N) is 1. The van der Waals surface area contributed by atoms with E-state index in [4.69, 9.17) is 0 Å². The summed E-state index contributed by atoms with van der Waals surface area (Å²) < 4.78 is 12.8. The summed E-state index contributed by atoms with van der Waals surface area (Å²) >= 11 is 1.37. The highest BCUT2D eigenvalue weighted by Gasteiger charge is 2.09. The van der Waals surface area contributed by atoms with Crippen LogP contribution in [0.15, 0.2) is 29.6 Å². The van der Waals surface area contributed by atoms with Crippen LogP contribution in [-0.2, 0) is 4.79 Å². The number of carbonyl (C=O) groups excluding carboxylic acids is 1. The molecule has 0 atom stereocenters. The minimum atomic E-state index is -0.274. The summed E-state index contributed by atoms with van der Waals surface area (Å²) in [6, 6.07) is 6.13. The lowest BCUT2D eigenvalue weighted by molar-refractivity contribution is -0.116. The Bertz CT molecular complexity index is 563. The molecule has 1 aromatic heterocycles. The first-order valence-electron chi connectivity index (χ1n) is 6.06. The fourth-order valence-electron chi connectivity index (χ4n) is 1.63. The van der Waals surface area contributed by atoms with Gasteiger partial charge in [-0.3, -0.25) is 4.79 Å². The molecule has 19 heavy (non-hydrogen) atoms. The first-order chi connectivity index (χ1) is 9.04. The van der Waals surface area contributed by atoms with Gasteiger partial charge in [0.15, 0.2) is 5.13 Å². The Hall–Kier alpha value is -1.75. The fraction of sp³-hybridized carbons (Fsp3) is 0.286. The van der Waals surface area contributed by atoms with E-state index in [2.05, 4.69) is 10.3 Å². The van der Waals surface area contributed by atoms with Gasteiger partial charge in [0, 0.05) is 17.4 Å². The number of rotatable bonds is 4. The third kappa shape index (κ3) is 3.86. The molecule has 0 saturated carbocycles. The van der Waals surface area contributed by atoms with Crippen LogP contribution in [0.2, 0.25) is 0 Å². The second-order valence-corrected chi connectivity index (χ2v) is 5.55. The zero-order valence-electron chi connectivity index (χ0n) is 10.8. The summed E-state index contributed by atoms with van der Waals surface area (Å²) in [7, 11) is 0. The Morgan fingerprint density at radius 3 is 2.68 bits per heavy atom. The molecule has 0 aliphatic heterocycles. The average Bonchev–Trinajstić information content (AvgIpc) is 2.77.